The molecule has 27 heavy (non-hydrogen) atoms. The first-order chi connectivity index (χ1) is 12.4. The van der Waals surface area contributed by atoms with E-state index in [4.69, 9.17) is 0 Å². The zero-order chi connectivity index (χ0) is 21.0. The third kappa shape index (κ3) is 5.66. The summed E-state index contributed by atoms with van der Waals surface area (Å²) >= 11 is 0. The lowest BCUT2D eigenvalue weighted by molar-refractivity contribution is -0.105. The number of hydrogen-bond acceptors (Lipinski definition) is 4. The van der Waals surface area contributed by atoms with Crippen LogP contribution < -0.4 is 0 Å². The third-order valence-electron chi connectivity index (χ3n) is 4.59. The van der Waals surface area contributed by atoms with Gasteiger partial charge in [0.15, 0.2) is 0 Å². The minimum atomic E-state index is -3.76. The molecule has 0 amide bonds. The Morgan fingerprint density at radius 3 is 2.11 bits per heavy atom. The number of sulfonamides is 1. The van der Waals surface area contributed by atoms with Crippen molar-refractivity contribution in [3.63, 3.8) is 0 Å². The molecule has 0 aromatic heterocycles. The molecule has 1 saturated carbocycles. The number of hydrogen-bond donors (Lipinski definition) is 0. The van der Waals surface area contributed by atoms with E-state index in [1.54, 1.807) is 32.0 Å². The maximum atomic E-state index is 12.3. The Hall–Kier alpha value is -2.15. The van der Waals surface area contributed by atoms with Gasteiger partial charge in [-0.1, -0.05) is 38.2 Å². The van der Waals surface area contributed by atoms with Crippen molar-refractivity contribution in [1.29, 1.82) is 0 Å². The van der Waals surface area contributed by atoms with Crippen molar-refractivity contribution < 1.29 is 13.2 Å². The monoisotopic (exact) mass is 393 g/mol. The van der Waals surface area contributed by atoms with E-state index in [0.717, 1.165) is 17.4 Å². The molecule has 1 aliphatic carbocycles. The van der Waals surface area contributed by atoms with Crippen LogP contribution in [0.15, 0.2) is 51.5 Å². The van der Waals surface area contributed by atoms with Gasteiger partial charge in [0.1, 0.15) is 12.6 Å². The van der Waals surface area contributed by atoms with Gasteiger partial charge in [0, 0.05) is 45.9 Å². The van der Waals surface area contributed by atoms with E-state index in [-0.39, 0.29) is 22.2 Å². The molecule has 0 heterocycles. The number of aldehydes is 1. The van der Waals surface area contributed by atoms with Crippen LogP contribution >= 0.6 is 0 Å². The van der Waals surface area contributed by atoms with Crippen LogP contribution in [0.1, 0.15) is 20.8 Å². The van der Waals surface area contributed by atoms with Gasteiger partial charge in [-0.05, 0) is 24.3 Å². The second-order valence-electron chi connectivity index (χ2n) is 7.75. The maximum absolute atomic E-state index is 12.3. The molecular formula is C20H31N3O3S. The smallest absolute Gasteiger partial charge is 0.283 e. The Labute approximate surface area is 163 Å². The Balaban J connectivity index is 3.02. The van der Waals surface area contributed by atoms with Gasteiger partial charge in [0.25, 0.3) is 10.0 Å². The normalized spacial score (nSPS) is 22.9. The predicted octanol–water partition coefficient (Wildman–Crippen LogP) is 2.84. The highest BCUT2D eigenvalue weighted by atomic mass is 32.2. The van der Waals surface area contributed by atoms with Crippen molar-refractivity contribution in [3.8, 4) is 0 Å². The minimum absolute atomic E-state index is 0.0620. The lowest BCUT2D eigenvalue weighted by atomic mass is 10.0. The Kier molecular flexibility index (Phi) is 7.37. The second kappa shape index (κ2) is 8.69. The fraction of sp³-hybridized carbons (Fsp3) is 0.500. The molecule has 0 aromatic carbocycles. The van der Waals surface area contributed by atoms with E-state index in [1.807, 2.05) is 25.2 Å². The van der Waals surface area contributed by atoms with Crippen LogP contribution in [0.3, 0.4) is 0 Å². The highest BCUT2D eigenvalue weighted by molar-refractivity contribution is 7.94. The standard InChI is InChI=1S/C20H31N3O3S/c1-9-17(27(25,26)21-14-23(7)8)11-10-15(2)18-19(20(18,3)4)16(13-24)12-22(5)6/h9-14,18-19H,2H2,1,3-8H3/b11-10-,16-12+,17-9+,21-14+/t18-,19-/m1/s1. The van der Waals surface area contributed by atoms with Gasteiger partial charge < -0.3 is 9.80 Å². The summed E-state index contributed by atoms with van der Waals surface area (Å²) in [5.74, 6) is 0.142. The number of carbonyl (C=O) groups excluding carboxylic acids is 1. The molecule has 150 valence electrons. The molecule has 7 heteroatoms. The van der Waals surface area contributed by atoms with Crippen molar-refractivity contribution in [2.75, 3.05) is 28.2 Å². The number of allylic oxidation sites excluding steroid dienone is 5. The summed E-state index contributed by atoms with van der Waals surface area (Å²) in [5.41, 5.74) is 1.41. The molecule has 2 atom stereocenters. The van der Waals surface area contributed by atoms with Crippen LogP contribution in [0, 0.1) is 17.3 Å². The van der Waals surface area contributed by atoms with Crippen molar-refractivity contribution in [3.05, 3.63) is 47.1 Å². The molecule has 1 fully saturated rings. The molecule has 6 nitrogen and oxygen atoms in total. The predicted molar refractivity (Wildman–Crippen MR) is 112 cm³/mol. The van der Waals surface area contributed by atoms with Gasteiger partial charge in [-0.15, -0.1) is 4.40 Å². The van der Waals surface area contributed by atoms with E-state index in [9.17, 15) is 13.2 Å². The van der Waals surface area contributed by atoms with E-state index >= 15 is 0 Å². The number of carbonyl (C=O) groups is 1. The molecule has 0 aliphatic heterocycles. The Morgan fingerprint density at radius 1 is 1.07 bits per heavy atom. The van der Waals surface area contributed by atoms with Crippen LogP contribution in [-0.2, 0) is 14.8 Å². The van der Waals surface area contributed by atoms with Gasteiger partial charge in [0.05, 0.1) is 4.91 Å². The van der Waals surface area contributed by atoms with Crippen LogP contribution in [0.25, 0.3) is 0 Å². The summed E-state index contributed by atoms with van der Waals surface area (Å²) in [6, 6.07) is 0. The highest BCUT2D eigenvalue weighted by Gasteiger charge is 2.59. The quantitative estimate of drug-likeness (QED) is 0.198. The molecule has 0 N–H and O–H groups in total. The molecule has 1 rings (SSSR count). The Morgan fingerprint density at radius 2 is 1.67 bits per heavy atom. The van der Waals surface area contributed by atoms with Crippen molar-refractivity contribution >= 4 is 22.6 Å². The van der Waals surface area contributed by atoms with Crippen molar-refractivity contribution in [1.82, 2.24) is 9.80 Å². The van der Waals surface area contributed by atoms with Gasteiger partial charge in [0.2, 0.25) is 0 Å². The second-order valence-corrected chi connectivity index (χ2v) is 9.38. The SMILES string of the molecule is C=C(/C=C\C(=C/C)S(=O)(=O)/N=C/N(C)C)[C@@H]1[C@@H](/C(C=O)=C/N(C)C)C1(C)C. The maximum Gasteiger partial charge on any atom is 0.283 e. The van der Waals surface area contributed by atoms with Crippen LogP contribution in [0.4, 0.5) is 0 Å². The first-order valence-corrected chi connectivity index (χ1v) is 10.2. The van der Waals surface area contributed by atoms with Gasteiger partial charge in [-0.2, -0.15) is 8.42 Å². The van der Waals surface area contributed by atoms with E-state index in [2.05, 4.69) is 24.8 Å². The van der Waals surface area contributed by atoms with Gasteiger partial charge in [-0.25, -0.2) is 0 Å². The zero-order valence-corrected chi connectivity index (χ0v) is 18.1. The summed E-state index contributed by atoms with van der Waals surface area (Å²) in [6.07, 6.45) is 8.71. The zero-order valence-electron chi connectivity index (χ0n) is 17.3. The molecule has 0 unspecified atom stereocenters. The molecule has 1 aliphatic rings. The summed E-state index contributed by atoms with van der Waals surface area (Å²) in [5, 5.41) is 0. The lowest BCUT2D eigenvalue weighted by Crippen LogP contribution is -2.10. The molecule has 0 radical (unpaired) electrons. The molecule has 0 bridgehead atoms. The summed E-state index contributed by atoms with van der Waals surface area (Å²) < 4.78 is 28.2. The summed E-state index contributed by atoms with van der Waals surface area (Å²) in [6.45, 7) is 9.93. The topological polar surface area (TPSA) is 70.0 Å². The molecule has 0 aromatic rings. The molecule has 0 saturated heterocycles. The minimum Gasteiger partial charge on any atom is -0.383 e. The third-order valence-corrected chi connectivity index (χ3v) is 5.93. The van der Waals surface area contributed by atoms with Crippen LogP contribution in [0.2, 0.25) is 0 Å². The number of nitrogens with zero attached hydrogens (tertiary/aromatic N) is 3. The first kappa shape index (κ1) is 22.9. The first-order valence-electron chi connectivity index (χ1n) is 8.71. The van der Waals surface area contributed by atoms with E-state index in [1.165, 1.54) is 18.5 Å². The average molecular weight is 394 g/mol. The average Bonchev–Trinajstić information content (AvgIpc) is 3.13. The van der Waals surface area contributed by atoms with E-state index < -0.39 is 10.0 Å². The number of rotatable bonds is 9. The highest BCUT2D eigenvalue weighted by Crippen LogP contribution is 2.64. The van der Waals surface area contributed by atoms with E-state index in [0.29, 0.717) is 0 Å². The fourth-order valence-corrected chi connectivity index (χ4v) is 4.25. The van der Waals surface area contributed by atoms with Gasteiger partial charge >= 0.3 is 0 Å². The summed E-state index contributed by atoms with van der Waals surface area (Å²) in [4.78, 5) is 15.0. The molecule has 0 spiro atoms. The van der Waals surface area contributed by atoms with Crippen molar-refractivity contribution in [2.45, 2.75) is 20.8 Å². The van der Waals surface area contributed by atoms with Crippen LogP contribution in [0.5, 0.6) is 0 Å². The lowest BCUT2D eigenvalue weighted by Gasteiger charge is -2.08. The van der Waals surface area contributed by atoms with Gasteiger partial charge in [-0.3, -0.25) is 4.79 Å². The largest absolute Gasteiger partial charge is 0.383 e. The molecular weight excluding hydrogens is 362 g/mol. The fourth-order valence-electron chi connectivity index (χ4n) is 3.28. The van der Waals surface area contributed by atoms with Crippen LogP contribution in [-0.4, -0.2) is 59.0 Å². The van der Waals surface area contributed by atoms with Crippen molar-refractivity contribution in [2.24, 2.45) is 21.6 Å². The Bertz CT molecular complexity index is 800. The summed E-state index contributed by atoms with van der Waals surface area (Å²) in [7, 11) is 3.39.